The van der Waals surface area contributed by atoms with Gasteiger partial charge in [-0.15, -0.1) is 0 Å². The SMILES string of the molecule is O=C(O)c1cn([C@H]2C[C@H]2F)c2c(F)c(N3CCNCC3)c(F)cc2c1=O. The highest BCUT2D eigenvalue weighted by Crippen LogP contribution is 2.42. The molecule has 138 valence electrons. The number of aromatic carboxylic acids is 1. The lowest BCUT2D eigenvalue weighted by Gasteiger charge is -2.30. The zero-order valence-electron chi connectivity index (χ0n) is 13.6. The van der Waals surface area contributed by atoms with E-state index >= 15 is 4.39 Å². The molecule has 4 rings (SSSR count). The normalized spacial score (nSPS) is 22.7. The van der Waals surface area contributed by atoms with Gasteiger partial charge >= 0.3 is 5.97 Å². The minimum absolute atomic E-state index is 0.0941. The number of rotatable bonds is 3. The summed E-state index contributed by atoms with van der Waals surface area (Å²) in [6.07, 6.45) is -0.203. The maximum absolute atomic E-state index is 15.3. The maximum atomic E-state index is 15.3. The van der Waals surface area contributed by atoms with Crippen LogP contribution in [0.1, 0.15) is 22.8 Å². The molecule has 1 aromatic heterocycles. The number of halogens is 3. The number of alkyl halides is 1. The topological polar surface area (TPSA) is 74.6 Å². The highest BCUT2D eigenvalue weighted by molar-refractivity contribution is 5.94. The largest absolute Gasteiger partial charge is 0.477 e. The van der Waals surface area contributed by atoms with Crippen molar-refractivity contribution in [1.82, 2.24) is 9.88 Å². The first-order valence-corrected chi connectivity index (χ1v) is 8.30. The number of hydrogen-bond acceptors (Lipinski definition) is 4. The van der Waals surface area contributed by atoms with Crippen LogP contribution in [-0.4, -0.2) is 48.0 Å². The fourth-order valence-electron chi connectivity index (χ4n) is 3.46. The fraction of sp³-hybridized carbons (Fsp3) is 0.412. The summed E-state index contributed by atoms with van der Waals surface area (Å²) in [5, 5.41) is 11.9. The molecule has 0 unspecified atom stereocenters. The first kappa shape index (κ1) is 16.9. The molecule has 2 aromatic rings. The van der Waals surface area contributed by atoms with Crippen LogP contribution in [0.2, 0.25) is 0 Å². The van der Waals surface area contributed by atoms with Gasteiger partial charge in [0.15, 0.2) is 5.82 Å². The Kier molecular flexibility index (Phi) is 3.91. The van der Waals surface area contributed by atoms with Crippen molar-refractivity contribution in [3.63, 3.8) is 0 Å². The van der Waals surface area contributed by atoms with E-state index in [0.717, 1.165) is 16.8 Å². The molecule has 2 N–H and O–H groups in total. The predicted molar refractivity (Wildman–Crippen MR) is 88.7 cm³/mol. The highest BCUT2D eigenvalue weighted by Gasteiger charge is 2.41. The van der Waals surface area contributed by atoms with Crippen molar-refractivity contribution >= 4 is 22.6 Å². The summed E-state index contributed by atoms with van der Waals surface area (Å²) in [7, 11) is 0. The Balaban J connectivity index is 2.02. The molecule has 1 saturated carbocycles. The second-order valence-electron chi connectivity index (χ2n) is 6.56. The van der Waals surface area contributed by atoms with Gasteiger partial charge in [-0.1, -0.05) is 0 Å². The smallest absolute Gasteiger partial charge is 0.341 e. The molecule has 0 bridgehead atoms. The summed E-state index contributed by atoms with van der Waals surface area (Å²) >= 11 is 0. The molecule has 2 atom stereocenters. The third-order valence-electron chi connectivity index (χ3n) is 4.89. The number of benzene rings is 1. The Hall–Kier alpha value is -2.55. The molecule has 0 radical (unpaired) electrons. The predicted octanol–water partition coefficient (Wildman–Crippen LogP) is 1.67. The van der Waals surface area contributed by atoms with E-state index in [9.17, 15) is 23.5 Å². The average Bonchev–Trinajstić information content (AvgIpc) is 3.33. The van der Waals surface area contributed by atoms with Crippen LogP contribution in [0.25, 0.3) is 10.9 Å². The minimum Gasteiger partial charge on any atom is -0.477 e. The second kappa shape index (κ2) is 6.01. The number of pyridine rings is 1. The standard InChI is InChI=1S/C17H16F3N3O3/c18-10-6-12(10)23-7-9(17(25)26)16(24)8-5-11(19)15(13(20)14(8)23)22-3-1-21-2-4-22/h5,7,10,12,21H,1-4,6H2,(H,25,26)/t10-,12+/m1/s1. The summed E-state index contributed by atoms with van der Waals surface area (Å²) in [4.78, 5) is 25.2. The summed E-state index contributed by atoms with van der Waals surface area (Å²) in [5.74, 6) is -3.42. The first-order valence-electron chi connectivity index (χ1n) is 8.30. The van der Waals surface area contributed by atoms with E-state index in [0.29, 0.717) is 26.2 Å². The van der Waals surface area contributed by atoms with Crippen LogP contribution in [0.4, 0.5) is 18.9 Å². The van der Waals surface area contributed by atoms with Gasteiger partial charge < -0.3 is 19.9 Å². The number of carboxylic acids is 1. The highest BCUT2D eigenvalue weighted by atomic mass is 19.1. The van der Waals surface area contributed by atoms with E-state index in [2.05, 4.69) is 5.32 Å². The van der Waals surface area contributed by atoms with Gasteiger partial charge in [-0.25, -0.2) is 18.0 Å². The number of nitrogens with one attached hydrogen (secondary N) is 1. The van der Waals surface area contributed by atoms with E-state index in [1.165, 1.54) is 4.90 Å². The van der Waals surface area contributed by atoms with Crippen molar-refractivity contribution < 1.29 is 23.1 Å². The van der Waals surface area contributed by atoms with Gasteiger partial charge in [0.05, 0.1) is 16.9 Å². The van der Waals surface area contributed by atoms with E-state index in [-0.39, 0.29) is 17.6 Å². The van der Waals surface area contributed by atoms with E-state index in [1.54, 1.807) is 0 Å². The Morgan fingerprint density at radius 2 is 1.92 bits per heavy atom. The molecular weight excluding hydrogens is 351 g/mol. The van der Waals surface area contributed by atoms with Crippen molar-refractivity contribution in [3.05, 3.63) is 39.7 Å². The van der Waals surface area contributed by atoms with Gasteiger partial charge in [0.2, 0.25) is 5.43 Å². The zero-order valence-corrected chi connectivity index (χ0v) is 13.6. The Bertz CT molecular complexity index is 969. The number of carboxylic acid groups (broad SMARTS) is 1. The van der Waals surface area contributed by atoms with Crippen molar-refractivity contribution in [2.45, 2.75) is 18.6 Å². The number of carbonyl (C=O) groups is 1. The summed E-state index contributed by atoms with van der Waals surface area (Å²) in [6.45, 7) is 1.87. The van der Waals surface area contributed by atoms with Crippen LogP contribution < -0.4 is 15.6 Å². The van der Waals surface area contributed by atoms with Gasteiger partial charge in [-0.05, 0) is 6.07 Å². The monoisotopic (exact) mass is 367 g/mol. The summed E-state index contributed by atoms with van der Waals surface area (Å²) in [5.41, 5.74) is -2.14. The lowest BCUT2D eigenvalue weighted by atomic mass is 10.1. The van der Waals surface area contributed by atoms with Gasteiger partial charge in [0.1, 0.15) is 23.2 Å². The molecule has 1 aliphatic heterocycles. The molecule has 0 amide bonds. The molecule has 2 aliphatic rings. The minimum atomic E-state index is -1.52. The van der Waals surface area contributed by atoms with Crippen molar-refractivity contribution in [2.24, 2.45) is 0 Å². The number of nitrogens with zero attached hydrogens (tertiary/aromatic N) is 2. The Labute approximate surface area is 145 Å². The number of aromatic nitrogens is 1. The fourth-order valence-corrected chi connectivity index (χ4v) is 3.46. The van der Waals surface area contributed by atoms with Gasteiger partial charge in [-0.2, -0.15) is 0 Å². The molecule has 26 heavy (non-hydrogen) atoms. The van der Waals surface area contributed by atoms with Crippen LogP contribution in [0.5, 0.6) is 0 Å². The van der Waals surface area contributed by atoms with Gasteiger partial charge in [0, 0.05) is 38.8 Å². The number of hydrogen-bond donors (Lipinski definition) is 2. The number of fused-ring (bicyclic) bond motifs is 1. The lowest BCUT2D eigenvalue weighted by Crippen LogP contribution is -2.44. The first-order chi connectivity index (χ1) is 12.4. The molecule has 9 heteroatoms. The van der Waals surface area contributed by atoms with E-state index < -0.39 is 46.2 Å². The van der Waals surface area contributed by atoms with Gasteiger partial charge in [0.25, 0.3) is 0 Å². The van der Waals surface area contributed by atoms with Crippen molar-refractivity contribution in [2.75, 3.05) is 31.1 Å². The van der Waals surface area contributed by atoms with Crippen LogP contribution >= 0.6 is 0 Å². The molecule has 2 heterocycles. The third kappa shape index (κ3) is 2.54. The van der Waals surface area contributed by atoms with E-state index in [4.69, 9.17) is 0 Å². The molecule has 1 aliphatic carbocycles. The molecule has 2 fully saturated rings. The Morgan fingerprint density at radius 3 is 2.50 bits per heavy atom. The van der Waals surface area contributed by atoms with Crippen LogP contribution in [-0.2, 0) is 0 Å². The van der Waals surface area contributed by atoms with Crippen molar-refractivity contribution in [1.29, 1.82) is 0 Å². The lowest BCUT2D eigenvalue weighted by molar-refractivity contribution is 0.0694. The van der Waals surface area contributed by atoms with Crippen LogP contribution in [0, 0.1) is 11.6 Å². The van der Waals surface area contributed by atoms with Crippen LogP contribution in [0.3, 0.4) is 0 Å². The molecule has 0 spiro atoms. The Morgan fingerprint density at radius 1 is 1.27 bits per heavy atom. The van der Waals surface area contributed by atoms with Crippen molar-refractivity contribution in [3.8, 4) is 0 Å². The third-order valence-corrected chi connectivity index (χ3v) is 4.89. The van der Waals surface area contributed by atoms with Crippen LogP contribution in [0.15, 0.2) is 17.1 Å². The summed E-state index contributed by atoms with van der Waals surface area (Å²) in [6, 6.07) is 0.100. The maximum Gasteiger partial charge on any atom is 0.341 e. The molecular formula is C17H16F3N3O3. The molecule has 1 saturated heterocycles. The average molecular weight is 367 g/mol. The molecule has 6 nitrogen and oxygen atoms in total. The van der Waals surface area contributed by atoms with E-state index in [1.807, 2.05) is 0 Å². The van der Waals surface area contributed by atoms with Gasteiger partial charge in [-0.3, -0.25) is 4.79 Å². The quantitative estimate of drug-likeness (QED) is 0.863. The molecule has 1 aromatic carbocycles. The summed E-state index contributed by atoms with van der Waals surface area (Å²) < 4.78 is 44.7. The zero-order chi connectivity index (χ0) is 18.6. The number of anilines is 1. The number of piperazine rings is 1. The second-order valence-corrected chi connectivity index (χ2v) is 6.56.